The van der Waals surface area contributed by atoms with Gasteiger partial charge in [0.15, 0.2) is 0 Å². The molecule has 0 aliphatic carbocycles. The van der Waals surface area contributed by atoms with Crippen LogP contribution in [0.1, 0.15) is 11.3 Å². The molecule has 7 heteroatoms. The van der Waals surface area contributed by atoms with E-state index in [1.165, 1.54) is 6.92 Å². The van der Waals surface area contributed by atoms with E-state index in [9.17, 15) is 17.6 Å². The molecular formula is C11H7BrF4N2. The Balaban J connectivity index is 2.91. The number of nitrogens with zero attached hydrogens (tertiary/aromatic N) is 1. The van der Waals surface area contributed by atoms with Gasteiger partial charge in [0.1, 0.15) is 11.5 Å². The number of nitrogens with two attached hydrogens (primary N) is 1. The lowest BCUT2D eigenvalue weighted by Gasteiger charge is -2.12. The van der Waals surface area contributed by atoms with Crippen molar-refractivity contribution >= 4 is 32.5 Å². The lowest BCUT2D eigenvalue weighted by molar-refractivity contribution is -0.140. The molecule has 0 aliphatic rings. The fourth-order valence-electron chi connectivity index (χ4n) is 1.67. The number of halogens is 5. The lowest BCUT2D eigenvalue weighted by atomic mass is 10.1. The molecule has 0 bridgehead atoms. The molecule has 1 aromatic heterocycles. The number of hydrogen-bond donors (Lipinski definition) is 1. The van der Waals surface area contributed by atoms with Crippen molar-refractivity contribution in [3.63, 3.8) is 0 Å². The summed E-state index contributed by atoms with van der Waals surface area (Å²) in [7, 11) is 0. The normalized spacial score (nSPS) is 12.1. The predicted octanol–water partition coefficient (Wildman–Crippen LogP) is 4.05. The van der Waals surface area contributed by atoms with Crippen molar-refractivity contribution in [1.82, 2.24) is 4.98 Å². The molecule has 96 valence electrons. The Labute approximate surface area is 108 Å². The van der Waals surface area contributed by atoms with Crippen molar-refractivity contribution in [2.24, 2.45) is 0 Å². The van der Waals surface area contributed by atoms with E-state index in [0.717, 1.165) is 6.07 Å². The zero-order chi connectivity index (χ0) is 13.7. The number of aryl methyl sites for hydroxylation is 1. The Morgan fingerprint density at radius 1 is 1.28 bits per heavy atom. The summed E-state index contributed by atoms with van der Waals surface area (Å²) in [6.07, 6.45) is -4.59. The van der Waals surface area contributed by atoms with Gasteiger partial charge in [0.2, 0.25) is 0 Å². The highest BCUT2D eigenvalue weighted by molar-refractivity contribution is 9.10. The maximum atomic E-state index is 13.5. The maximum absolute atomic E-state index is 13.5. The van der Waals surface area contributed by atoms with Crippen molar-refractivity contribution in [1.29, 1.82) is 0 Å². The van der Waals surface area contributed by atoms with Crippen LogP contribution in [0.15, 0.2) is 16.6 Å². The number of fused-ring (bicyclic) bond motifs is 1. The molecule has 0 fully saturated rings. The number of pyridine rings is 1. The summed E-state index contributed by atoms with van der Waals surface area (Å²) < 4.78 is 51.3. The number of nitrogen functional groups attached to an aromatic ring is 1. The van der Waals surface area contributed by atoms with Crippen LogP contribution in [0.25, 0.3) is 10.9 Å². The minimum absolute atomic E-state index is 0.0156. The van der Waals surface area contributed by atoms with E-state index in [2.05, 4.69) is 20.9 Å². The van der Waals surface area contributed by atoms with Crippen LogP contribution in [0, 0.1) is 12.7 Å². The Bertz CT molecular complexity index is 637. The summed E-state index contributed by atoms with van der Waals surface area (Å²) in [5, 5.41) is 0.153. The van der Waals surface area contributed by atoms with E-state index in [-0.39, 0.29) is 21.1 Å². The third-order valence-electron chi connectivity index (χ3n) is 2.49. The molecule has 0 atom stereocenters. The van der Waals surface area contributed by atoms with Gasteiger partial charge in [-0.25, -0.2) is 9.37 Å². The average Bonchev–Trinajstić information content (AvgIpc) is 2.24. The zero-order valence-electron chi connectivity index (χ0n) is 9.07. The average molecular weight is 323 g/mol. The van der Waals surface area contributed by atoms with E-state index in [1.54, 1.807) is 0 Å². The molecule has 0 saturated carbocycles. The van der Waals surface area contributed by atoms with Crippen molar-refractivity contribution in [2.75, 3.05) is 5.73 Å². The summed E-state index contributed by atoms with van der Waals surface area (Å²) >= 11 is 2.96. The lowest BCUT2D eigenvalue weighted by Crippen LogP contribution is -2.10. The molecule has 0 spiro atoms. The summed E-state index contributed by atoms with van der Waals surface area (Å²) in [4.78, 5) is 3.51. The van der Waals surface area contributed by atoms with Gasteiger partial charge < -0.3 is 5.73 Å². The fraction of sp³-hybridized carbons (Fsp3) is 0.182. The molecule has 0 aliphatic heterocycles. The first-order valence-corrected chi connectivity index (χ1v) is 5.63. The van der Waals surface area contributed by atoms with Gasteiger partial charge in [0.05, 0.1) is 9.99 Å². The van der Waals surface area contributed by atoms with Crippen LogP contribution < -0.4 is 5.73 Å². The van der Waals surface area contributed by atoms with Crippen LogP contribution in [-0.4, -0.2) is 4.98 Å². The van der Waals surface area contributed by atoms with Gasteiger partial charge in [-0.3, -0.25) is 0 Å². The maximum Gasteiger partial charge on any atom is 0.433 e. The highest BCUT2D eigenvalue weighted by atomic mass is 79.9. The smallest absolute Gasteiger partial charge is 0.398 e. The van der Waals surface area contributed by atoms with Gasteiger partial charge in [0.25, 0.3) is 0 Å². The number of benzene rings is 1. The molecule has 18 heavy (non-hydrogen) atoms. The van der Waals surface area contributed by atoms with Crippen LogP contribution in [0.4, 0.5) is 23.2 Å². The van der Waals surface area contributed by atoms with Crippen molar-refractivity contribution in [2.45, 2.75) is 13.1 Å². The number of hydrogen-bond acceptors (Lipinski definition) is 2. The van der Waals surface area contributed by atoms with Crippen LogP contribution in [0.3, 0.4) is 0 Å². The summed E-state index contributed by atoms with van der Waals surface area (Å²) in [5.74, 6) is -0.590. The second kappa shape index (κ2) is 4.08. The summed E-state index contributed by atoms with van der Waals surface area (Å²) in [6, 6.07) is 1.81. The second-order valence-electron chi connectivity index (χ2n) is 3.81. The van der Waals surface area contributed by atoms with Crippen LogP contribution >= 0.6 is 15.9 Å². The van der Waals surface area contributed by atoms with Crippen molar-refractivity contribution in [3.05, 3.63) is 33.7 Å². The molecule has 1 aromatic carbocycles. The van der Waals surface area contributed by atoms with Crippen LogP contribution in [0.2, 0.25) is 0 Å². The quantitative estimate of drug-likeness (QED) is 0.743. The topological polar surface area (TPSA) is 38.9 Å². The third-order valence-corrected chi connectivity index (χ3v) is 3.26. The van der Waals surface area contributed by atoms with E-state index in [1.807, 2.05) is 0 Å². The number of rotatable bonds is 0. The van der Waals surface area contributed by atoms with Gasteiger partial charge in [-0.05, 0) is 40.5 Å². The summed E-state index contributed by atoms with van der Waals surface area (Å²) in [5.41, 5.74) is 4.63. The largest absolute Gasteiger partial charge is 0.433 e. The minimum atomic E-state index is -4.59. The van der Waals surface area contributed by atoms with Gasteiger partial charge in [-0.1, -0.05) is 0 Å². The zero-order valence-corrected chi connectivity index (χ0v) is 10.7. The van der Waals surface area contributed by atoms with Crippen molar-refractivity contribution < 1.29 is 17.6 Å². The standard InChI is InChI=1S/C11H7BrF4N2/c1-4-2-5(13)9(12)8-6(17)3-7(11(14,15)16)18-10(4)8/h2-3H,1H3,(H2,17,18). The molecule has 0 saturated heterocycles. The Morgan fingerprint density at radius 2 is 1.89 bits per heavy atom. The number of anilines is 1. The molecule has 0 unspecified atom stereocenters. The van der Waals surface area contributed by atoms with Crippen LogP contribution in [0.5, 0.6) is 0 Å². The third kappa shape index (κ3) is 2.03. The monoisotopic (exact) mass is 322 g/mol. The van der Waals surface area contributed by atoms with E-state index in [4.69, 9.17) is 5.73 Å². The Morgan fingerprint density at radius 3 is 2.44 bits per heavy atom. The molecular weight excluding hydrogens is 316 g/mol. The summed E-state index contributed by atoms with van der Waals surface area (Å²) in [6.45, 7) is 1.48. The predicted molar refractivity (Wildman–Crippen MR) is 63.6 cm³/mol. The van der Waals surface area contributed by atoms with E-state index < -0.39 is 17.7 Å². The highest BCUT2D eigenvalue weighted by Gasteiger charge is 2.33. The van der Waals surface area contributed by atoms with E-state index in [0.29, 0.717) is 11.6 Å². The highest BCUT2D eigenvalue weighted by Crippen LogP contribution is 2.36. The second-order valence-corrected chi connectivity index (χ2v) is 4.60. The number of aromatic nitrogens is 1. The van der Waals surface area contributed by atoms with Gasteiger partial charge >= 0.3 is 6.18 Å². The van der Waals surface area contributed by atoms with Crippen LogP contribution in [-0.2, 0) is 6.18 Å². The Hall–Kier alpha value is -1.37. The first-order chi connectivity index (χ1) is 8.21. The molecule has 2 aromatic rings. The molecule has 2 rings (SSSR count). The molecule has 1 heterocycles. The molecule has 0 amide bonds. The Kier molecular flexibility index (Phi) is 2.96. The fourth-order valence-corrected chi connectivity index (χ4v) is 2.20. The molecule has 2 nitrogen and oxygen atoms in total. The molecule has 2 N–H and O–H groups in total. The molecule has 0 radical (unpaired) electrons. The van der Waals surface area contributed by atoms with Gasteiger partial charge in [0, 0.05) is 11.1 Å². The van der Waals surface area contributed by atoms with Crippen molar-refractivity contribution in [3.8, 4) is 0 Å². The van der Waals surface area contributed by atoms with Gasteiger partial charge in [-0.2, -0.15) is 13.2 Å². The number of alkyl halides is 3. The first kappa shape index (κ1) is 13.1. The van der Waals surface area contributed by atoms with E-state index >= 15 is 0 Å². The SMILES string of the molecule is Cc1cc(F)c(Br)c2c(N)cc(C(F)(F)F)nc12. The first-order valence-electron chi connectivity index (χ1n) is 4.84. The van der Waals surface area contributed by atoms with Gasteiger partial charge in [-0.15, -0.1) is 0 Å². The minimum Gasteiger partial charge on any atom is -0.398 e.